The van der Waals surface area contributed by atoms with Crippen LogP contribution in [0.2, 0.25) is 5.15 Å². The Hall–Kier alpha value is -2.47. The summed E-state index contributed by atoms with van der Waals surface area (Å²) in [7, 11) is 3.79. The SMILES string of the molecule is Cc1cc(CC(=O)CN(C)c2cc(C(C)C)c3c(C)nn(C)c3n2)cc(Cl)n1. The molecule has 0 N–H and O–H groups in total. The van der Waals surface area contributed by atoms with E-state index in [1.54, 1.807) is 10.7 Å². The predicted octanol–water partition coefficient (Wildman–Crippen LogP) is 4.00. The number of hydrogen-bond donors (Lipinski definition) is 0. The van der Waals surface area contributed by atoms with E-state index in [1.165, 1.54) is 5.56 Å². The number of pyridine rings is 2. The number of aromatic nitrogens is 4. The summed E-state index contributed by atoms with van der Waals surface area (Å²) >= 11 is 6.00. The number of anilines is 1. The standard InChI is InChI=1S/C21H26ClN5O/c1-12(2)17-10-19(24-21-20(17)14(4)25-27(21)6)26(5)11-16(28)8-15-7-13(3)23-18(22)9-15/h7,9-10,12H,8,11H2,1-6H3. The summed E-state index contributed by atoms with van der Waals surface area (Å²) in [5.74, 6) is 1.20. The molecule has 6 nitrogen and oxygen atoms in total. The summed E-state index contributed by atoms with van der Waals surface area (Å²) in [5.41, 5.74) is 4.70. The number of aryl methyl sites for hydroxylation is 3. The number of likely N-dealkylation sites (N-methyl/N-ethyl adjacent to an activating group) is 1. The average Bonchev–Trinajstić information content (AvgIpc) is 2.87. The number of carbonyl (C=O) groups excluding carboxylic acids is 1. The van der Waals surface area contributed by atoms with Crippen LogP contribution in [-0.4, -0.2) is 39.1 Å². The molecular weight excluding hydrogens is 374 g/mol. The second kappa shape index (κ2) is 7.87. The fourth-order valence-electron chi connectivity index (χ4n) is 3.54. The minimum absolute atomic E-state index is 0.0957. The summed E-state index contributed by atoms with van der Waals surface area (Å²) in [4.78, 5) is 23.4. The third kappa shape index (κ3) is 4.17. The highest BCUT2D eigenvalue weighted by Crippen LogP contribution is 2.30. The molecule has 7 heteroatoms. The van der Waals surface area contributed by atoms with E-state index in [1.807, 2.05) is 38.9 Å². The Morgan fingerprint density at radius 1 is 1.21 bits per heavy atom. The quantitative estimate of drug-likeness (QED) is 0.586. The molecule has 0 bridgehead atoms. The van der Waals surface area contributed by atoms with Crippen molar-refractivity contribution in [2.75, 3.05) is 18.5 Å². The van der Waals surface area contributed by atoms with E-state index >= 15 is 0 Å². The van der Waals surface area contributed by atoms with Gasteiger partial charge in [0.2, 0.25) is 0 Å². The van der Waals surface area contributed by atoms with E-state index in [-0.39, 0.29) is 12.3 Å². The van der Waals surface area contributed by atoms with E-state index in [4.69, 9.17) is 16.6 Å². The second-order valence-electron chi connectivity index (χ2n) is 7.64. The Labute approximate surface area is 170 Å². The highest BCUT2D eigenvalue weighted by molar-refractivity contribution is 6.29. The van der Waals surface area contributed by atoms with E-state index in [2.05, 4.69) is 30.0 Å². The van der Waals surface area contributed by atoms with Gasteiger partial charge in [0.1, 0.15) is 11.0 Å². The molecule has 3 heterocycles. The van der Waals surface area contributed by atoms with E-state index in [9.17, 15) is 4.79 Å². The maximum Gasteiger partial charge on any atom is 0.160 e. The summed E-state index contributed by atoms with van der Waals surface area (Å²) in [6, 6.07) is 5.71. The van der Waals surface area contributed by atoms with Crippen LogP contribution in [-0.2, 0) is 18.3 Å². The third-order valence-electron chi connectivity index (χ3n) is 4.80. The van der Waals surface area contributed by atoms with Gasteiger partial charge < -0.3 is 4.90 Å². The lowest BCUT2D eigenvalue weighted by Gasteiger charge is -2.20. The van der Waals surface area contributed by atoms with Crippen LogP contribution in [0.3, 0.4) is 0 Å². The van der Waals surface area contributed by atoms with Gasteiger partial charge in [-0.25, -0.2) is 9.97 Å². The molecule has 0 saturated heterocycles. The molecule has 28 heavy (non-hydrogen) atoms. The van der Waals surface area contributed by atoms with Gasteiger partial charge in [-0.15, -0.1) is 0 Å². The normalized spacial score (nSPS) is 11.4. The van der Waals surface area contributed by atoms with Crippen molar-refractivity contribution in [2.45, 2.75) is 40.0 Å². The first kappa shape index (κ1) is 20.3. The number of Topliss-reactive ketones (excluding diaryl/α,β-unsaturated/α-hetero) is 1. The van der Waals surface area contributed by atoms with Crippen LogP contribution in [0.1, 0.15) is 42.3 Å². The number of nitrogens with zero attached hydrogens (tertiary/aromatic N) is 5. The number of fused-ring (bicyclic) bond motifs is 1. The molecule has 0 aliphatic carbocycles. The van der Waals surface area contributed by atoms with Crippen LogP contribution in [0.5, 0.6) is 0 Å². The van der Waals surface area contributed by atoms with Gasteiger partial charge in [-0.1, -0.05) is 25.4 Å². The van der Waals surface area contributed by atoms with Gasteiger partial charge in [-0.3, -0.25) is 9.48 Å². The Morgan fingerprint density at radius 3 is 2.57 bits per heavy atom. The van der Waals surface area contributed by atoms with Crippen LogP contribution in [0.4, 0.5) is 5.82 Å². The molecule has 0 fully saturated rings. The van der Waals surface area contributed by atoms with Crippen LogP contribution in [0, 0.1) is 13.8 Å². The Balaban J connectivity index is 1.85. The van der Waals surface area contributed by atoms with Crippen molar-refractivity contribution >= 4 is 34.2 Å². The Bertz CT molecular complexity index is 1020. The van der Waals surface area contributed by atoms with Crippen molar-refractivity contribution in [3.05, 3.63) is 45.9 Å². The molecule has 0 saturated carbocycles. The lowest BCUT2D eigenvalue weighted by Crippen LogP contribution is -2.27. The molecule has 0 aliphatic rings. The van der Waals surface area contributed by atoms with Crippen molar-refractivity contribution in [3.8, 4) is 0 Å². The summed E-state index contributed by atoms with van der Waals surface area (Å²) in [6.07, 6.45) is 0.317. The first-order chi connectivity index (χ1) is 13.2. The molecule has 3 aromatic rings. The molecule has 0 atom stereocenters. The zero-order valence-electron chi connectivity index (χ0n) is 17.2. The highest BCUT2D eigenvalue weighted by atomic mass is 35.5. The molecule has 0 amide bonds. The topological polar surface area (TPSA) is 63.9 Å². The summed E-state index contributed by atoms with van der Waals surface area (Å²) < 4.78 is 1.80. The summed E-state index contributed by atoms with van der Waals surface area (Å²) in [5, 5.41) is 6.03. The van der Waals surface area contributed by atoms with Crippen molar-refractivity contribution in [1.29, 1.82) is 0 Å². The molecule has 0 spiro atoms. The van der Waals surface area contributed by atoms with E-state index in [0.29, 0.717) is 17.5 Å². The number of carbonyl (C=O) groups is 1. The number of rotatable bonds is 6. The monoisotopic (exact) mass is 399 g/mol. The van der Waals surface area contributed by atoms with Crippen LogP contribution >= 0.6 is 11.6 Å². The number of halogens is 1. The molecular formula is C21H26ClN5O. The number of ketones is 1. The smallest absolute Gasteiger partial charge is 0.160 e. The highest BCUT2D eigenvalue weighted by Gasteiger charge is 2.18. The molecule has 0 aliphatic heterocycles. The molecule has 0 aromatic carbocycles. The van der Waals surface area contributed by atoms with Crippen LogP contribution in [0.15, 0.2) is 18.2 Å². The predicted molar refractivity (Wildman–Crippen MR) is 113 cm³/mol. The molecule has 0 unspecified atom stereocenters. The first-order valence-electron chi connectivity index (χ1n) is 9.36. The molecule has 3 aromatic heterocycles. The number of hydrogen-bond acceptors (Lipinski definition) is 5. The maximum absolute atomic E-state index is 12.6. The minimum Gasteiger partial charge on any atom is -0.352 e. The zero-order valence-corrected chi connectivity index (χ0v) is 18.0. The van der Waals surface area contributed by atoms with Gasteiger partial charge in [-0.05, 0) is 49.1 Å². The van der Waals surface area contributed by atoms with Gasteiger partial charge in [0.05, 0.1) is 12.2 Å². The van der Waals surface area contributed by atoms with Gasteiger partial charge in [0.15, 0.2) is 11.4 Å². The van der Waals surface area contributed by atoms with Crippen molar-refractivity contribution in [1.82, 2.24) is 19.7 Å². The second-order valence-corrected chi connectivity index (χ2v) is 8.03. The summed E-state index contributed by atoms with van der Waals surface area (Å²) in [6.45, 7) is 8.46. The van der Waals surface area contributed by atoms with Gasteiger partial charge in [0, 0.05) is 31.6 Å². The fraction of sp³-hybridized carbons (Fsp3) is 0.429. The average molecular weight is 400 g/mol. The van der Waals surface area contributed by atoms with Gasteiger partial charge in [0.25, 0.3) is 0 Å². The largest absolute Gasteiger partial charge is 0.352 e. The van der Waals surface area contributed by atoms with Crippen LogP contribution in [0.25, 0.3) is 11.0 Å². The van der Waals surface area contributed by atoms with E-state index in [0.717, 1.165) is 33.8 Å². The van der Waals surface area contributed by atoms with Crippen LogP contribution < -0.4 is 4.90 Å². The van der Waals surface area contributed by atoms with Gasteiger partial charge in [-0.2, -0.15) is 5.10 Å². The molecule has 148 valence electrons. The first-order valence-corrected chi connectivity index (χ1v) is 9.73. The van der Waals surface area contributed by atoms with Gasteiger partial charge >= 0.3 is 0 Å². The Morgan fingerprint density at radius 2 is 1.93 bits per heavy atom. The maximum atomic E-state index is 12.6. The van der Waals surface area contributed by atoms with Crippen molar-refractivity contribution < 1.29 is 4.79 Å². The van der Waals surface area contributed by atoms with Crippen molar-refractivity contribution in [2.24, 2.45) is 7.05 Å². The lowest BCUT2D eigenvalue weighted by molar-refractivity contribution is -0.117. The molecule has 0 radical (unpaired) electrons. The van der Waals surface area contributed by atoms with E-state index < -0.39 is 0 Å². The minimum atomic E-state index is 0.0957. The Kier molecular flexibility index (Phi) is 5.70. The molecule has 3 rings (SSSR count). The lowest BCUT2D eigenvalue weighted by atomic mass is 9.99. The third-order valence-corrected chi connectivity index (χ3v) is 4.99. The van der Waals surface area contributed by atoms with Crippen molar-refractivity contribution in [3.63, 3.8) is 0 Å². The zero-order chi connectivity index (χ0) is 20.6. The fourth-order valence-corrected chi connectivity index (χ4v) is 3.82.